The molecule has 2 aromatic rings. The second kappa shape index (κ2) is 8.30. The third-order valence-corrected chi connectivity index (χ3v) is 5.22. The first-order valence-corrected chi connectivity index (χ1v) is 9.55. The predicted octanol–water partition coefficient (Wildman–Crippen LogP) is 2.21. The van der Waals surface area contributed by atoms with Crippen molar-refractivity contribution in [2.75, 3.05) is 51.6 Å². The van der Waals surface area contributed by atoms with Crippen molar-refractivity contribution in [2.45, 2.75) is 0 Å². The fourth-order valence-electron chi connectivity index (χ4n) is 3.11. The summed E-state index contributed by atoms with van der Waals surface area (Å²) in [4.78, 5) is 23.4. The predicted molar refractivity (Wildman–Crippen MR) is 105 cm³/mol. The Morgan fingerprint density at radius 3 is 2.44 bits per heavy atom. The van der Waals surface area contributed by atoms with Gasteiger partial charge in [0, 0.05) is 37.6 Å². The first kappa shape index (κ1) is 19.0. The first-order chi connectivity index (χ1) is 13.1. The molecule has 9 nitrogen and oxygen atoms in total. The maximum atomic E-state index is 10.8. The molecule has 0 unspecified atom stereocenters. The van der Waals surface area contributed by atoms with Gasteiger partial charge in [-0.1, -0.05) is 0 Å². The van der Waals surface area contributed by atoms with Crippen LogP contribution in [0.4, 0.5) is 5.82 Å². The van der Waals surface area contributed by atoms with Crippen LogP contribution in [0.1, 0.15) is 0 Å². The Morgan fingerprint density at radius 1 is 1.19 bits per heavy atom. The summed E-state index contributed by atoms with van der Waals surface area (Å²) in [7, 11) is 3.18. The second-order valence-electron chi connectivity index (χ2n) is 5.85. The maximum absolute atomic E-state index is 10.8. The van der Waals surface area contributed by atoms with Crippen LogP contribution >= 0.6 is 11.8 Å². The molecule has 3 rings (SSSR count). The Hall–Kier alpha value is -2.75. The van der Waals surface area contributed by atoms with Crippen LogP contribution in [0.2, 0.25) is 0 Å². The lowest BCUT2D eigenvalue weighted by Gasteiger charge is -2.36. The van der Waals surface area contributed by atoms with Gasteiger partial charge in [0.15, 0.2) is 11.5 Å². The normalized spacial score (nSPS) is 15.1. The SMILES string of the molecule is COc1cc2ncnc(N3CCN(/C(=C/[N+](=O)[O-])SC)CC3)c2cc1OC. The van der Waals surface area contributed by atoms with E-state index >= 15 is 0 Å². The van der Waals surface area contributed by atoms with Gasteiger partial charge in [-0.25, -0.2) is 9.97 Å². The molecule has 0 saturated carbocycles. The largest absolute Gasteiger partial charge is 0.493 e. The number of ether oxygens (including phenoxy) is 2. The van der Waals surface area contributed by atoms with Gasteiger partial charge in [0.05, 0.1) is 24.7 Å². The van der Waals surface area contributed by atoms with Gasteiger partial charge in [-0.15, -0.1) is 11.8 Å². The topological polar surface area (TPSA) is 93.9 Å². The third-order valence-electron chi connectivity index (χ3n) is 4.44. The molecular formula is C17H21N5O4S. The molecule has 0 N–H and O–H groups in total. The highest BCUT2D eigenvalue weighted by molar-refractivity contribution is 8.02. The zero-order valence-corrected chi connectivity index (χ0v) is 16.2. The molecule has 1 aromatic carbocycles. The van der Waals surface area contributed by atoms with Crippen LogP contribution in [-0.4, -0.2) is 66.4 Å². The highest BCUT2D eigenvalue weighted by atomic mass is 32.2. The number of piperazine rings is 1. The molecule has 0 radical (unpaired) electrons. The standard InChI is InChI=1S/C17H21N5O4S/c1-25-14-8-12-13(9-15(14)26-2)18-11-19-17(12)21-6-4-20(5-7-21)16(27-3)10-22(23)24/h8-11H,4-7H2,1-3H3/b16-10-. The first-order valence-electron chi connectivity index (χ1n) is 8.33. The van der Waals surface area contributed by atoms with Gasteiger partial charge < -0.3 is 19.3 Å². The van der Waals surface area contributed by atoms with Crippen molar-refractivity contribution < 1.29 is 14.4 Å². The number of methoxy groups -OCH3 is 2. The molecule has 0 atom stereocenters. The van der Waals surface area contributed by atoms with E-state index in [4.69, 9.17) is 9.47 Å². The van der Waals surface area contributed by atoms with Crippen LogP contribution < -0.4 is 14.4 Å². The molecule has 0 amide bonds. The van der Waals surface area contributed by atoms with Crippen molar-refractivity contribution in [1.29, 1.82) is 0 Å². The van der Waals surface area contributed by atoms with Crippen molar-refractivity contribution in [3.63, 3.8) is 0 Å². The summed E-state index contributed by atoms with van der Waals surface area (Å²) in [5, 5.41) is 12.3. The van der Waals surface area contributed by atoms with Gasteiger partial charge in [0.25, 0.3) is 6.20 Å². The molecule has 1 saturated heterocycles. The Kier molecular flexibility index (Phi) is 5.84. The van der Waals surface area contributed by atoms with Gasteiger partial charge >= 0.3 is 0 Å². The molecule has 144 valence electrons. The molecule has 1 aliphatic rings. The lowest BCUT2D eigenvalue weighted by Crippen LogP contribution is -2.46. The van der Waals surface area contributed by atoms with E-state index in [1.165, 1.54) is 18.1 Å². The monoisotopic (exact) mass is 391 g/mol. The van der Waals surface area contributed by atoms with Crippen LogP contribution in [-0.2, 0) is 0 Å². The smallest absolute Gasteiger partial charge is 0.264 e. The van der Waals surface area contributed by atoms with E-state index in [-0.39, 0.29) is 0 Å². The van der Waals surface area contributed by atoms with Gasteiger partial charge in [-0.05, 0) is 12.3 Å². The minimum atomic E-state index is -0.407. The summed E-state index contributed by atoms with van der Waals surface area (Å²) in [6.45, 7) is 2.77. The Bertz CT molecular complexity index is 868. The zero-order chi connectivity index (χ0) is 19.4. The van der Waals surface area contributed by atoms with E-state index in [9.17, 15) is 10.1 Å². The zero-order valence-electron chi connectivity index (χ0n) is 15.4. The fourth-order valence-corrected chi connectivity index (χ4v) is 3.75. The average molecular weight is 391 g/mol. The molecule has 0 bridgehead atoms. The Balaban J connectivity index is 1.86. The number of thioether (sulfide) groups is 1. The number of benzene rings is 1. The van der Waals surface area contributed by atoms with Crippen LogP contribution in [0.25, 0.3) is 10.9 Å². The highest BCUT2D eigenvalue weighted by Gasteiger charge is 2.23. The number of aromatic nitrogens is 2. The van der Waals surface area contributed by atoms with Gasteiger partial charge in [-0.2, -0.15) is 0 Å². The number of anilines is 1. The van der Waals surface area contributed by atoms with Crippen LogP contribution in [0.15, 0.2) is 29.7 Å². The molecule has 1 aromatic heterocycles. The molecule has 0 spiro atoms. The number of nitro groups is 1. The maximum Gasteiger partial charge on any atom is 0.264 e. The van der Waals surface area contributed by atoms with Crippen LogP contribution in [0.3, 0.4) is 0 Å². The number of hydrogen-bond acceptors (Lipinski definition) is 9. The highest BCUT2D eigenvalue weighted by Crippen LogP contribution is 2.35. The van der Waals surface area contributed by atoms with Crippen LogP contribution in [0.5, 0.6) is 11.5 Å². The summed E-state index contributed by atoms with van der Waals surface area (Å²) < 4.78 is 10.8. The Morgan fingerprint density at radius 2 is 1.85 bits per heavy atom. The molecule has 0 aliphatic carbocycles. The molecule has 10 heteroatoms. The molecular weight excluding hydrogens is 370 g/mol. The van der Waals surface area contributed by atoms with Gasteiger partial charge in [-0.3, -0.25) is 10.1 Å². The van der Waals surface area contributed by atoms with E-state index in [0.29, 0.717) is 42.7 Å². The second-order valence-corrected chi connectivity index (χ2v) is 6.68. The fraction of sp³-hybridized carbons (Fsp3) is 0.412. The van der Waals surface area contributed by atoms with E-state index in [1.54, 1.807) is 14.2 Å². The molecule has 2 heterocycles. The minimum absolute atomic E-state index is 0.407. The minimum Gasteiger partial charge on any atom is -0.493 e. The lowest BCUT2D eigenvalue weighted by molar-refractivity contribution is -0.403. The van der Waals surface area contributed by atoms with Gasteiger partial charge in [0.1, 0.15) is 17.2 Å². The quantitative estimate of drug-likeness (QED) is 0.542. The number of fused-ring (bicyclic) bond motifs is 1. The average Bonchev–Trinajstić information content (AvgIpc) is 2.70. The number of hydrogen-bond donors (Lipinski definition) is 0. The van der Waals surface area contributed by atoms with E-state index in [2.05, 4.69) is 14.9 Å². The summed E-state index contributed by atoms with van der Waals surface area (Å²) >= 11 is 1.38. The molecule has 27 heavy (non-hydrogen) atoms. The van der Waals surface area contributed by atoms with Crippen molar-refractivity contribution >= 4 is 28.5 Å². The van der Waals surface area contributed by atoms with Crippen molar-refractivity contribution in [3.05, 3.63) is 39.8 Å². The van der Waals surface area contributed by atoms with Crippen molar-refractivity contribution in [1.82, 2.24) is 14.9 Å². The Labute approximate surface area is 161 Å². The van der Waals surface area contributed by atoms with Crippen molar-refractivity contribution in [2.24, 2.45) is 0 Å². The van der Waals surface area contributed by atoms with E-state index in [1.807, 2.05) is 23.3 Å². The van der Waals surface area contributed by atoms with E-state index < -0.39 is 4.92 Å². The molecule has 1 fully saturated rings. The van der Waals surface area contributed by atoms with E-state index in [0.717, 1.165) is 22.9 Å². The third kappa shape index (κ3) is 4.00. The summed E-state index contributed by atoms with van der Waals surface area (Å²) in [5.74, 6) is 2.07. The lowest BCUT2D eigenvalue weighted by atomic mass is 10.2. The summed E-state index contributed by atoms with van der Waals surface area (Å²) in [6, 6.07) is 3.72. The summed E-state index contributed by atoms with van der Waals surface area (Å²) in [5.41, 5.74) is 0.776. The summed E-state index contributed by atoms with van der Waals surface area (Å²) in [6.07, 6.45) is 4.45. The molecule has 1 aliphatic heterocycles. The van der Waals surface area contributed by atoms with Crippen molar-refractivity contribution in [3.8, 4) is 11.5 Å². The number of rotatable bonds is 6. The number of nitrogens with zero attached hydrogens (tertiary/aromatic N) is 5. The van der Waals surface area contributed by atoms with Crippen LogP contribution in [0, 0.1) is 10.1 Å². The van der Waals surface area contributed by atoms with Gasteiger partial charge in [0.2, 0.25) is 0 Å².